The van der Waals surface area contributed by atoms with Crippen LogP contribution in [0.4, 0.5) is 0 Å². The number of aromatic amines is 2. The average molecular weight is 391 g/mol. The predicted molar refractivity (Wildman–Crippen MR) is 87.7 cm³/mol. The Hall–Kier alpha value is -2.99. The summed E-state index contributed by atoms with van der Waals surface area (Å²) >= 11 is 3.36. The van der Waals surface area contributed by atoms with Crippen molar-refractivity contribution in [3.05, 3.63) is 66.1 Å². The molecule has 0 unspecified atom stereocenters. The molecule has 0 saturated heterocycles. The summed E-state index contributed by atoms with van der Waals surface area (Å²) in [7, 11) is 1.48. The number of hydrogen-bond acceptors (Lipinski definition) is 6. The van der Waals surface area contributed by atoms with Crippen molar-refractivity contribution in [1.82, 2.24) is 9.97 Å². The zero-order chi connectivity index (χ0) is 17.4. The van der Waals surface area contributed by atoms with Gasteiger partial charge in [-0.05, 0) is 18.2 Å². The Morgan fingerprint density at radius 2 is 2.12 bits per heavy atom. The van der Waals surface area contributed by atoms with Crippen LogP contribution >= 0.6 is 15.9 Å². The fraction of sp³-hybridized carbons (Fsp3) is 0.133. The molecule has 0 fully saturated rings. The highest BCUT2D eigenvalue weighted by Gasteiger charge is 2.35. The van der Waals surface area contributed by atoms with E-state index >= 15 is 0 Å². The number of nitrogens with one attached hydrogen (secondary N) is 2. The van der Waals surface area contributed by atoms with E-state index in [4.69, 9.17) is 15.2 Å². The molecule has 3 rings (SSSR count). The maximum Gasteiger partial charge on any atom is 0.328 e. The van der Waals surface area contributed by atoms with Gasteiger partial charge in [0.1, 0.15) is 17.4 Å². The van der Waals surface area contributed by atoms with Crippen LogP contribution in [-0.2, 0) is 0 Å². The molecule has 1 aliphatic rings. The number of ether oxygens (including phenoxy) is 2. The summed E-state index contributed by atoms with van der Waals surface area (Å²) in [5.74, 6) is -0.653. The SMILES string of the molecule is COc1ccc(Br)cc1[C@@H]1C(C#N)=C(N)Oc2[nH]c(=O)[nH]c(=O)c21. The first-order valence-electron chi connectivity index (χ1n) is 6.73. The summed E-state index contributed by atoms with van der Waals surface area (Å²) in [6.45, 7) is 0. The van der Waals surface area contributed by atoms with Gasteiger partial charge in [0, 0.05) is 10.0 Å². The molecule has 0 saturated carbocycles. The Balaban J connectivity index is 2.39. The lowest BCUT2D eigenvalue weighted by molar-refractivity contribution is 0.369. The molecule has 0 aliphatic carbocycles. The number of aromatic nitrogens is 2. The van der Waals surface area contributed by atoms with Crippen LogP contribution < -0.4 is 26.5 Å². The van der Waals surface area contributed by atoms with Crippen molar-refractivity contribution in [2.75, 3.05) is 7.11 Å². The third-order valence-corrected chi connectivity index (χ3v) is 4.11. The maximum atomic E-state index is 12.3. The van der Waals surface area contributed by atoms with Crippen molar-refractivity contribution in [2.24, 2.45) is 5.73 Å². The van der Waals surface area contributed by atoms with Crippen molar-refractivity contribution in [2.45, 2.75) is 5.92 Å². The zero-order valence-electron chi connectivity index (χ0n) is 12.3. The molecule has 24 heavy (non-hydrogen) atoms. The first-order chi connectivity index (χ1) is 11.5. The lowest BCUT2D eigenvalue weighted by Crippen LogP contribution is -2.33. The van der Waals surface area contributed by atoms with Crippen LogP contribution in [0.2, 0.25) is 0 Å². The Morgan fingerprint density at radius 3 is 2.79 bits per heavy atom. The smallest absolute Gasteiger partial charge is 0.328 e. The van der Waals surface area contributed by atoms with Crippen LogP contribution in [0.3, 0.4) is 0 Å². The number of methoxy groups -OCH3 is 1. The van der Waals surface area contributed by atoms with Crippen molar-refractivity contribution in [3.8, 4) is 17.7 Å². The fourth-order valence-corrected chi connectivity index (χ4v) is 3.01. The molecule has 4 N–H and O–H groups in total. The van der Waals surface area contributed by atoms with E-state index in [-0.39, 0.29) is 22.9 Å². The number of nitrogens with zero attached hydrogens (tertiary/aromatic N) is 1. The molecular formula is C15H11BrN4O4. The van der Waals surface area contributed by atoms with Gasteiger partial charge in [0.15, 0.2) is 0 Å². The zero-order valence-corrected chi connectivity index (χ0v) is 13.9. The molecule has 0 amide bonds. The number of H-pyrrole nitrogens is 2. The van der Waals surface area contributed by atoms with Crippen molar-refractivity contribution in [1.29, 1.82) is 5.26 Å². The highest BCUT2D eigenvalue weighted by molar-refractivity contribution is 9.10. The van der Waals surface area contributed by atoms with E-state index in [0.717, 1.165) is 4.47 Å². The summed E-state index contributed by atoms with van der Waals surface area (Å²) in [5.41, 5.74) is 5.08. The number of halogens is 1. The third-order valence-electron chi connectivity index (χ3n) is 3.62. The standard InChI is InChI=1S/C15H11BrN4O4/c1-23-9-3-2-6(16)4-7(9)10-8(5-17)12(18)24-14-11(10)13(21)19-15(22)20-14/h2-4,10H,18H2,1H3,(H2,19,20,21,22)/t10-/m1/s1. The van der Waals surface area contributed by atoms with Gasteiger partial charge in [-0.3, -0.25) is 14.8 Å². The molecule has 0 radical (unpaired) electrons. The summed E-state index contributed by atoms with van der Waals surface area (Å²) < 4.78 is 11.3. The van der Waals surface area contributed by atoms with E-state index in [2.05, 4.69) is 25.9 Å². The van der Waals surface area contributed by atoms with Gasteiger partial charge in [0.2, 0.25) is 11.8 Å². The summed E-state index contributed by atoms with van der Waals surface area (Å²) in [6.07, 6.45) is 0. The summed E-state index contributed by atoms with van der Waals surface area (Å²) in [5, 5.41) is 9.49. The van der Waals surface area contributed by atoms with E-state index in [9.17, 15) is 14.9 Å². The summed E-state index contributed by atoms with van der Waals surface area (Å²) in [6, 6.07) is 7.14. The van der Waals surface area contributed by atoms with Crippen LogP contribution in [0.1, 0.15) is 17.0 Å². The molecule has 0 bridgehead atoms. The van der Waals surface area contributed by atoms with E-state index in [1.165, 1.54) is 7.11 Å². The number of benzene rings is 1. The Labute approximate surface area is 143 Å². The molecule has 8 nitrogen and oxygen atoms in total. The normalized spacial score (nSPS) is 16.1. The van der Waals surface area contributed by atoms with E-state index in [0.29, 0.717) is 11.3 Å². The Morgan fingerprint density at radius 1 is 1.38 bits per heavy atom. The second-order valence-corrected chi connectivity index (χ2v) is 5.88. The number of rotatable bonds is 2. The Bertz CT molecular complexity index is 1020. The molecule has 1 atom stereocenters. The van der Waals surface area contributed by atoms with E-state index < -0.39 is 17.2 Å². The van der Waals surface area contributed by atoms with Crippen LogP contribution in [0.15, 0.2) is 43.7 Å². The number of hydrogen-bond donors (Lipinski definition) is 3. The predicted octanol–water partition coefficient (Wildman–Crippen LogP) is 1.05. The molecule has 0 spiro atoms. The number of allylic oxidation sites excluding steroid dienone is 1. The van der Waals surface area contributed by atoms with Gasteiger partial charge in [0.25, 0.3) is 5.56 Å². The van der Waals surface area contributed by atoms with Crippen LogP contribution in [0, 0.1) is 11.3 Å². The Kier molecular flexibility index (Phi) is 3.91. The first-order valence-corrected chi connectivity index (χ1v) is 7.53. The lowest BCUT2D eigenvalue weighted by atomic mass is 9.84. The van der Waals surface area contributed by atoms with Crippen LogP contribution in [-0.4, -0.2) is 17.1 Å². The number of nitrogens with two attached hydrogens (primary N) is 1. The molecule has 122 valence electrons. The second-order valence-electron chi connectivity index (χ2n) is 4.96. The van der Waals surface area contributed by atoms with Gasteiger partial charge >= 0.3 is 5.69 Å². The van der Waals surface area contributed by atoms with Crippen molar-refractivity contribution in [3.63, 3.8) is 0 Å². The third kappa shape index (κ3) is 2.47. The van der Waals surface area contributed by atoms with Crippen molar-refractivity contribution >= 4 is 15.9 Å². The molecule has 1 aromatic heterocycles. The van der Waals surface area contributed by atoms with Gasteiger partial charge in [-0.1, -0.05) is 15.9 Å². The van der Waals surface area contributed by atoms with Gasteiger partial charge < -0.3 is 15.2 Å². The fourth-order valence-electron chi connectivity index (χ4n) is 2.63. The lowest BCUT2D eigenvalue weighted by Gasteiger charge is -2.25. The van der Waals surface area contributed by atoms with Gasteiger partial charge in [-0.15, -0.1) is 0 Å². The van der Waals surface area contributed by atoms with Crippen LogP contribution in [0.5, 0.6) is 11.6 Å². The van der Waals surface area contributed by atoms with Gasteiger partial charge in [-0.2, -0.15) is 5.26 Å². The van der Waals surface area contributed by atoms with E-state index in [1.54, 1.807) is 18.2 Å². The maximum absolute atomic E-state index is 12.3. The first kappa shape index (κ1) is 15.9. The molecule has 2 heterocycles. The topological polar surface area (TPSA) is 134 Å². The van der Waals surface area contributed by atoms with E-state index in [1.807, 2.05) is 6.07 Å². The largest absolute Gasteiger partial charge is 0.496 e. The molecule has 9 heteroatoms. The second kappa shape index (κ2) is 5.90. The number of fused-ring (bicyclic) bond motifs is 1. The molecule has 1 aliphatic heterocycles. The monoisotopic (exact) mass is 390 g/mol. The minimum absolute atomic E-state index is 0.0523. The van der Waals surface area contributed by atoms with Gasteiger partial charge in [0.05, 0.1) is 18.6 Å². The number of nitriles is 1. The highest BCUT2D eigenvalue weighted by Crippen LogP contribution is 2.42. The minimum atomic E-state index is -0.841. The quantitative estimate of drug-likeness (QED) is 0.701. The molecule has 2 aromatic rings. The molecule has 1 aromatic carbocycles. The highest BCUT2D eigenvalue weighted by atomic mass is 79.9. The molecular weight excluding hydrogens is 380 g/mol. The minimum Gasteiger partial charge on any atom is -0.496 e. The van der Waals surface area contributed by atoms with Gasteiger partial charge in [-0.25, -0.2) is 4.79 Å². The van der Waals surface area contributed by atoms with Crippen molar-refractivity contribution < 1.29 is 9.47 Å². The van der Waals surface area contributed by atoms with Crippen LogP contribution in [0.25, 0.3) is 0 Å². The average Bonchev–Trinajstić information content (AvgIpc) is 2.53. The summed E-state index contributed by atoms with van der Waals surface area (Å²) in [4.78, 5) is 28.4.